The van der Waals surface area contributed by atoms with Crippen LogP contribution >= 0.6 is 0 Å². The first kappa shape index (κ1) is 18.5. The molecule has 7 atom stereocenters. The second-order valence-electron chi connectivity index (χ2n) is 9.83. The molecule has 3 aliphatic rings. The number of nitrogens with zero attached hydrogens (tertiary/aromatic N) is 1. The first-order valence-corrected chi connectivity index (χ1v) is 10.1. The van der Waals surface area contributed by atoms with Crippen molar-refractivity contribution < 1.29 is 4.79 Å². The molecule has 0 aliphatic heterocycles. The number of carbonyl (C=O) groups is 1. The second kappa shape index (κ2) is 6.45. The Morgan fingerprint density at radius 1 is 1.40 bits per heavy atom. The van der Waals surface area contributed by atoms with E-state index in [-0.39, 0.29) is 11.0 Å². The molecule has 0 saturated heterocycles. The lowest BCUT2D eigenvalue weighted by Crippen LogP contribution is -2.57. The standard InChI is InChI=1S/C22H34N2O/c1-14-8-9-22(12-23)16(3)6-7-18-15(2)10-17(19(14)20(18)22)11-21(4,5)24-13-25/h13,15-20H,1,6-11H2,2-5H3,(H,24,25). The molecule has 3 fully saturated rings. The smallest absolute Gasteiger partial charge is 0.207 e. The zero-order chi connectivity index (χ0) is 18.4. The number of amides is 1. The van der Waals surface area contributed by atoms with Crippen LogP contribution < -0.4 is 5.32 Å². The molecule has 138 valence electrons. The van der Waals surface area contributed by atoms with Crippen molar-refractivity contribution in [3.8, 4) is 6.07 Å². The van der Waals surface area contributed by atoms with Crippen LogP contribution in [0.1, 0.15) is 66.2 Å². The predicted molar refractivity (Wildman–Crippen MR) is 100 cm³/mol. The molecule has 3 saturated carbocycles. The van der Waals surface area contributed by atoms with Gasteiger partial charge in [-0.1, -0.05) is 26.0 Å². The minimum atomic E-state index is -0.202. The summed E-state index contributed by atoms with van der Waals surface area (Å²) in [5.74, 6) is 3.24. The summed E-state index contributed by atoms with van der Waals surface area (Å²) >= 11 is 0. The van der Waals surface area contributed by atoms with E-state index in [0.717, 1.165) is 25.7 Å². The van der Waals surface area contributed by atoms with Gasteiger partial charge in [0.15, 0.2) is 0 Å². The van der Waals surface area contributed by atoms with Gasteiger partial charge < -0.3 is 5.32 Å². The summed E-state index contributed by atoms with van der Waals surface area (Å²) in [7, 11) is 0. The van der Waals surface area contributed by atoms with Gasteiger partial charge in [-0.25, -0.2) is 0 Å². The van der Waals surface area contributed by atoms with Crippen molar-refractivity contribution in [2.45, 2.75) is 71.8 Å². The SMILES string of the molecule is C=C1CCC2(C#N)C(C)CCC3C(C)CC(CC(C)(C)NC=O)C1C32. The number of carbonyl (C=O) groups excluding carboxylic acids is 1. The van der Waals surface area contributed by atoms with Crippen LogP contribution in [0.3, 0.4) is 0 Å². The summed E-state index contributed by atoms with van der Waals surface area (Å²) in [6.45, 7) is 13.4. The van der Waals surface area contributed by atoms with Crippen LogP contribution in [-0.2, 0) is 4.79 Å². The lowest BCUT2D eigenvalue weighted by Gasteiger charge is -2.61. The number of nitriles is 1. The average Bonchev–Trinajstić information content (AvgIpc) is 2.54. The zero-order valence-electron chi connectivity index (χ0n) is 16.3. The van der Waals surface area contributed by atoms with Gasteiger partial charge in [0, 0.05) is 5.54 Å². The number of nitrogens with one attached hydrogen (secondary N) is 1. The molecular weight excluding hydrogens is 308 g/mol. The quantitative estimate of drug-likeness (QED) is 0.595. The molecule has 3 rings (SSSR count). The number of hydrogen-bond donors (Lipinski definition) is 1. The lowest BCUT2D eigenvalue weighted by atomic mass is 9.42. The third-order valence-corrected chi connectivity index (χ3v) is 7.93. The summed E-state index contributed by atoms with van der Waals surface area (Å²) in [4.78, 5) is 11.0. The first-order chi connectivity index (χ1) is 11.8. The highest BCUT2D eigenvalue weighted by molar-refractivity contribution is 5.47. The van der Waals surface area contributed by atoms with Gasteiger partial charge in [0.25, 0.3) is 0 Å². The van der Waals surface area contributed by atoms with Gasteiger partial charge in [0.05, 0.1) is 11.5 Å². The Hall–Kier alpha value is -1.30. The molecule has 1 amide bonds. The molecule has 25 heavy (non-hydrogen) atoms. The van der Waals surface area contributed by atoms with E-state index in [9.17, 15) is 10.1 Å². The maximum atomic E-state index is 11.0. The van der Waals surface area contributed by atoms with Gasteiger partial charge in [-0.3, -0.25) is 4.79 Å². The highest BCUT2D eigenvalue weighted by atomic mass is 16.1. The Morgan fingerprint density at radius 3 is 2.76 bits per heavy atom. The van der Waals surface area contributed by atoms with E-state index < -0.39 is 0 Å². The van der Waals surface area contributed by atoms with Crippen LogP contribution in [0.15, 0.2) is 12.2 Å². The number of hydrogen-bond acceptors (Lipinski definition) is 2. The Morgan fingerprint density at radius 2 is 2.12 bits per heavy atom. The van der Waals surface area contributed by atoms with Crippen molar-refractivity contribution in [3.05, 3.63) is 12.2 Å². The van der Waals surface area contributed by atoms with Gasteiger partial charge in [0.1, 0.15) is 0 Å². The summed E-state index contributed by atoms with van der Waals surface area (Å²) < 4.78 is 0. The maximum absolute atomic E-state index is 11.0. The number of rotatable bonds is 4. The highest BCUT2D eigenvalue weighted by Gasteiger charge is 2.60. The van der Waals surface area contributed by atoms with Crippen molar-refractivity contribution in [1.82, 2.24) is 5.32 Å². The summed E-state index contributed by atoms with van der Waals surface area (Å²) in [5.41, 5.74) is 1.00. The van der Waals surface area contributed by atoms with E-state index in [1.54, 1.807) is 0 Å². The largest absolute Gasteiger partial charge is 0.354 e. The van der Waals surface area contributed by atoms with E-state index in [1.807, 2.05) is 0 Å². The predicted octanol–water partition coefficient (Wildman–Crippen LogP) is 4.70. The molecule has 0 heterocycles. The lowest BCUT2D eigenvalue weighted by molar-refractivity contribution is -0.112. The van der Waals surface area contributed by atoms with Crippen molar-refractivity contribution in [2.75, 3.05) is 0 Å². The Balaban J connectivity index is 1.98. The topological polar surface area (TPSA) is 52.9 Å². The molecule has 1 N–H and O–H groups in total. The van der Waals surface area contributed by atoms with Crippen LogP contribution in [0.4, 0.5) is 0 Å². The van der Waals surface area contributed by atoms with Gasteiger partial charge >= 0.3 is 0 Å². The molecular formula is C22H34N2O. The summed E-state index contributed by atoms with van der Waals surface area (Å²) in [5, 5.41) is 13.2. The minimum absolute atomic E-state index is 0.163. The monoisotopic (exact) mass is 342 g/mol. The van der Waals surface area contributed by atoms with E-state index in [4.69, 9.17) is 0 Å². The molecule has 3 heteroatoms. The molecule has 0 aromatic rings. The van der Waals surface area contributed by atoms with Crippen LogP contribution in [0, 0.1) is 52.3 Å². The second-order valence-corrected chi connectivity index (χ2v) is 9.83. The van der Waals surface area contributed by atoms with E-state index in [0.29, 0.717) is 35.5 Å². The molecule has 0 spiro atoms. The third-order valence-electron chi connectivity index (χ3n) is 7.93. The molecule has 7 unspecified atom stereocenters. The zero-order valence-corrected chi connectivity index (χ0v) is 16.3. The van der Waals surface area contributed by atoms with Crippen LogP contribution in [0.25, 0.3) is 0 Å². The van der Waals surface area contributed by atoms with Crippen molar-refractivity contribution in [3.63, 3.8) is 0 Å². The Kier molecular flexibility index (Phi) is 4.77. The van der Waals surface area contributed by atoms with Gasteiger partial charge in [0.2, 0.25) is 6.41 Å². The molecule has 0 radical (unpaired) electrons. The van der Waals surface area contributed by atoms with Crippen LogP contribution in [-0.4, -0.2) is 11.9 Å². The molecule has 3 nitrogen and oxygen atoms in total. The minimum Gasteiger partial charge on any atom is -0.354 e. The van der Waals surface area contributed by atoms with E-state index >= 15 is 0 Å². The average molecular weight is 343 g/mol. The van der Waals surface area contributed by atoms with Crippen LogP contribution in [0.2, 0.25) is 0 Å². The Labute approximate surface area is 153 Å². The van der Waals surface area contributed by atoms with Crippen molar-refractivity contribution >= 4 is 6.41 Å². The molecule has 0 aromatic heterocycles. The van der Waals surface area contributed by atoms with Gasteiger partial charge in [-0.15, -0.1) is 0 Å². The first-order valence-electron chi connectivity index (χ1n) is 10.1. The van der Waals surface area contributed by atoms with Crippen molar-refractivity contribution in [1.29, 1.82) is 5.26 Å². The molecule has 3 aliphatic carbocycles. The summed E-state index contributed by atoms with van der Waals surface area (Å²) in [6, 6.07) is 2.83. The fraction of sp³-hybridized carbons (Fsp3) is 0.818. The van der Waals surface area contributed by atoms with Gasteiger partial charge in [-0.05, 0) is 87.9 Å². The van der Waals surface area contributed by atoms with E-state index in [1.165, 1.54) is 24.8 Å². The van der Waals surface area contributed by atoms with Crippen LogP contribution in [0.5, 0.6) is 0 Å². The molecule has 0 bridgehead atoms. The fourth-order valence-electron chi connectivity index (χ4n) is 6.77. The van der Waals surface area contributed by atoms with Crippen molar-refractivity contribution in [2.24, 2.45) is 40.9 Å². The van der Waals surface area contributed by atoms with E-state index in [2.05, 4.69) is 45.7 Å². The summed E-state index contributed by atoms with van der Waals surface area (Å²) in [6.07, 6.45) is 7.45. The molecule has 0 aromatic carbocycles. The Bertz CT molecular complexity index is 589. The fourth-order valence-corrected chi connectivity index (χ4v) is 6.77. The van der Waals surface area contributed by atoms with Gasteiger partial charge in [-0.2, -0.15) is 5.26 Å². The third kappa shape index (κ3) is 2.92. The number of allylic oxidation sites excluding steroid dienone is 1. The highest BCUT2D eigenvalue weighted by Crippen LogP contribution is 2.65. The normalized spacial score (nSPS) is 43.7. The maximum Gasteiger partial charge on any atom is 0.207 e.